The fourth-order valence-electron chi connectivity index (χ4n) is 3.01. The molecule has 0 unspecified atom stereocenters. The number of nitrogens with one attached hydrogen (secondary N) is 2. The van der Waals surface area contributed by atoms with Gasteiger partial charge in [-0.3, -0.25) is 9.59 Å². The average molecular weight is 376 g/mol. The summed E-state index contributed by atoms with van der Waals surface area (Å²) in [4.78, 5) is 24.3. The summed E-state index contributed by atoms with van der Waals surface area (Å²) >= 11 is 0. The molecule has 1 fully saturated rings. The van der Waals surface area contributed by atoms with Crippen molar-refractivity contribution in [1.82, 2.24) is 10.9 Å². The minimum absolute atomic E-state index is 0.207. The van der Waals surface area contributed by atoms with Crippen molar-refractivity contribution in [2.45, 2.75) is 39.5 Å². The number of carbonyl (C=O) groups excluding carboxylic acids is 2. The Morgan fingerprint density at radius 3 is 1.46 bits per heavy atom. The Kier molecular flexibility index (Phi) is 6.32. The van der Waals surface area contributed by atoms with Crippen LogP contribution in [-0.4, -0.2) is 23.2 Å². The molecule has 28 heavy (non-hydrogen) atoms. The monoisotopic (exact) mass is 376 g/mol. The van der Waals surface area contributed by atoms with E-state index in [2.05, 4.69) is 21.1 Å². The molecule has 0 heterocycles. The molecule has 2 aromatic rings. The SMILES string of the molecule is Cc1cccc(C(=O)NN=C2CCC(=NNC(=O)c3cccc(C)c3)CC2)c1. The summed E-state index contributed by atoms with van der Waals surface area (Å²) in [5.41, 5.74) is 10.4. The topological polar surface area (TPSA) is 82.9 Å². The molecule has 3 rings (SSSR count). The second kappa shape index (κ2) is 9.08. The van der Waals surface area contributed by atoms with E-state index in [0.29, 0.717) is 36.8 Å². The molecule has 144 valence electrons. The van der Waals surface area contributed by atoms with E-state index in [9.17, 15) is 9.59 Å². The van der Waals surface area contributed by atoms with Crippen LogP contribution in [0.25, 0.3) is 0 Å². The zero-order chi connectivity index (χ0) is 19.9. The molecule has 2 amide bonds. The first-order chi connectivity index (χ1) is 13.5. The predicted octanol–water partition coefficient (Wildman–Crippen LogP) is 3.75. The summed E-state index contributed by atoms with van der Waals surface area (Å²) in [6, 6.07) is 14.8. The molecule has 0 atom stereocenters. The molecule has 0 bridgehead atoms. The Labute approximate surface area is 164 Å². The van der Waals surface area contributed by atoms with Gasteiger partial charge >= 0.3 is 0 Å². The lowest BCUT2D eigenvalue weighted by Gasteiger charge is -2.15. The maximum absolute atomic E-state index is 12.2. The lowest BCUT2D eigenvalue weighted by Crippen LogP contribution is -2.24. The molecule has 1 aliphatic rings. The van der Waals surface area contributed by atoms with Crippen molar-refractivity contribution >= 4 is 23.2 Å². The molecule has 0 aromatic heterocycles. The van der Waals surface area contributed by atoms with Gasteiger partial charge in [-0.1, -0.05) is 35.4 Å². The van der Waals surface area contributed by atoms with E-state index in [4.69, 9.17) is 0 Å². The highest BCUT2D eigenvalue weighted by atomic mass is 16.2. The number of carbonyl (C=O) groups is 2. The van der Waals surface area contributed by atoms with E-state index < -0.39 is 0 Å². The average Bonchev–Trinajstić information content (AvgIpc) is 2.71. The third kappa shape index (κ3) is 5.36. The van der Waals surface area contributed by atoms with Gasteiger partial charge < -0.3 is 0 Å². The van der Waals surface area contributed by atoms with Crippen molar-refractivity contribution in [2.75, 3.05) is 0 Å². The molecule has 6 nitrogen and oxygen atoms in total. The van der Waals surface area contributed by atoms with Crippen LogP contribution in [0, 0.1) is 13.8 Å². The summed E-state index contributed by atoms with van der Waals surface area (Å²) in [7, 11) is 0. The van der Waals surface area contributed by atoms with Crippen molar-refractivity contribution in [1.29, 1.82) is 0 Å². The largest absolute Gasteiger partial charge is 0.271 e. The van der Waals surface area contributed by atoms with E-state index in [-0.39, 0.29) is 11.8 Å². The van der Waals surface area contributed by atoms with Crippen LogP contribution in [0.1, 0.15) is 57.5 Å². The van der Waals surface area contributed by atoms with E-state index in [1.807, 2.05) is 50.2 Å². The second-order valence-electron chi connectivity index (χ2n) is 6.98. The van der Waals surface area contributed by atoms with Crippen LogP contribution in [0.5, 0.6) is 0 Å². The van der Waals surface area contributed by atoms with Crippen LogP contribution >= 0.6 is 0 Å². The zero-order valence-electron chi connectivity index (χ0n) is 16.2. The maximum atomic E-state index is 12.2. The lowest BCUT2D eigenvalue weighted by molar-refractivity contribution is 0.0946. The van der Waals surface area contributed by atoms with Gasteiger partial charge in [0, 0.05) is 22.6 Å². The Hall–Kier alpha value is -3.28. The normalized spacial score (nSPS) is 13.6. The van der Waals surface area contributed by atoms with Crippen molar-refractivity contribution < 1.29 is 9.59 Å². The number of benzene rings is 2. The summed E-state index contributed by atoms with van der Waals surface area (Å²) in [6.07, 6.45) is 2.86. The zero-order valence-corrected chi connectivity index (χ0v) is 16.2. The number of aryl methyl sites for hydroxylation is 2. The van der Waals surface area contributed by atoms with Crippen LogP contribution in [0.3, 0.4) is 0 Å². The molecular formula is C22H24N4O2. The highest BCUT2D eigenvalue weighted by Gasteiger charge is 2.14. The van der Waals surface area contributed by atoms with Gasteiger partial charge in [-0.25, -0.2) is 10.9 Å². The van der Waals surface area contributed by atoms with Gasteiger partial charge in [-0.2, -0.15) is 10.2 Å². The molecule has 0 saturated heterocycles. The molecule has 1 saturated carbocycles. The van der Waals surface area contributed by atoms with Crippen molar-refractivity contribution in [3.8, 4) is 0 Å². The van der Waals surface area contributed by atoms with Gasteiger partial charge in [-0.15, -0.1) is 0 Å². The second-order valence-corrected chi connectivity index (χ2v) is 6.98. The molecule has 0 aliphatic heterocycles. The van der Waals surface area contributed by atoms with Gasteiger partial charge in [0.05, 0.1) is 0 Å². The molecule has 2 N–H and O–H groups in total. The quantitative estimate of drug-likeness (QED) is 0.797. The number of hydrogen-bond acceptors (Lipinski definition) is 4. The molecule has 1 aliphatic carbocycles. The van der Waals surface area contributed by atoms with Crippen LogP contribution in [0.15, 0.2) is 58.7 Å². The minimum atomic E-state index is -0.207. The van der Waals surface area contributed by atoms with Crippen LogP contribution in [0.2, 0.25) is 0 Å². The van der Waals surface area contributed by atoms with E-state index in [1.165, 1.54) is 0 Å². The van der Waals surface area contributed by atoms with Gasteiger partial charge in [0.2, 0.25) is 0 Å². The smallest absolute Gasteiger partial charge is 0.267 e. The third-order valence-corrected chi connectivity index (χ3v) is 4.60. The lowest BCUT2D eigenvalue weighted by atomic mass is 9.97. The number of nitrogens with zero attached hydrogens (tertiary/aromatic N) is 2. The highest BCUT2D eigenvalue weighted by molar-refractivity contribution is 6.01. The van der Waals surface area contributed by atoms with Gasteiger partial charge in [-0.05, 0) is 63.8 Å². The fourth-order valence-corrected chi connectivity index (χ4v) is 3.01. The van der Waals surface area contributed by atoms with Crippen LogP contribution < -0.4 is 10.9 Å². The third-order valence-electron chi connectivity index (χ3n) is 4.60. The van der Waals surface area contributed by atoms with E-state index >= 15 is 0 Å². The van der Waals surface area contributed by atoms with Gasteiger partial charge in [0.15, 0.2) is 0 Å². The maximum Gasteiger partial charge on any atom is 0.271 e. The Morgan fingerprint density at radius 2 is 1.11 bits per heavy atom. The number of hydrazone groups is 2. The standard InChI is InChI=1S/C22H24N4O2/c1-15-5-3-7-17(13-15)21(27)25-23-19-9-11-20(12-10-19)24-26-22(28)18-8-4-6-16(2)14-18/h3-8,13-14H,9-12H2,1-2H3,(H,25,27)(H,26,28). The first kappa shape index (κ1) is 19.5. The predicted molar refractivity (Wildman–Crippen MR) is 111 cm³/mol. The summed E-state index contributed by atoms with van der Waals surface area (Å²) in [5.74, 6) is -0.415. The van der Waals surface area contributed by atoms with Crippen molar-refractivity contribution in [3.05, 3.63) is 70.8 Å². The molecule has 6 heteroatoms. The highest BCUT2D eigenvalue weighted by Crippen LogP contribution is 2.13. The number of hydrogen-bond donors (Lipinski definition) is 2. The first-order valence-corrected chi connectivity index (χ1v) is 9.36. The van der Waals surface area contributed by atoms with Gasteiger partial charge in [0.25, 0.3) is 11.8 Å². The fraction of sp³-hybridized carbons (Fsp3) is 0.273. The van der Waals surface area contributed by atoms with Gasteiger partial charge in [0.1, 0.15) is 0 Å². The Bertz CT molecular complexity index is 858. The van der Waals surface area contributed by atoms with Crippen molar-refractivity contribution in [3.63, 3.8) is 0 Å². The first-order valence-electron chi connectivity index (χ1n) is 9.36. The molecule has 0 radical (unpaired) electrons. The molecule has 0 spiro atoms. The summed E-state index contributed by atoms with van der Waals surface area (Å²) < 4.78 is 0. The minimum Gasteiger partial charge on any atom is -0.267 e. The Morgan fingerprint density at radius 1 is 0.714 bits per heavy atom. The molecular weight excluding hydrogens is 352 g/mol. The molecule has 2 aromatic carbocycles. The summed E-state index contributed by atoms with van der Waals surface area (Å²) in [6.45, 7) is 3.89. The van der Waals surface area contributed by atoms with E-state index in [1.54, 1.807) is 12.1 Å². The summed E-state index contributed by atoms with van der Waals surface area (Å²) in [5, 5.41) is 8.50. The Balaban J connectivity index is 1.49. The van der Waals surface area contributed by atoms with Crippen molar-refractivity contribution in [2.24, 2.45) is 10.2 Å². The van der Waals surface area contributed by atoms with Crippen LogP contribution in [0.4, 0.5) is 0 Å². The number of rotatable bonds is 4. The van der Waals surface area contributed by atoms with Crippen LogP contribution in [-0.2, 0) is 0 Å². The van der Waals surface area contributed by atoms with E-state index in [0.717, 1.165) is 22.6 Å². The number of amides is 2.